The molecule has 1 amide bonds. The molecule has 1 aliphatic heterocycles. The monoisotopic (exact) mass is 329 g/mol. The predicted molar refractivity (Wildman–Crippen MR) is 86.0 cm³/mol. The summed E-state index contributed by atoms with van der Waals surface area (Å²) >= 11 is 0. The van der Waals surface area contributed by atoms with Crippen LogP contribution < -0.4 is 5.32 Å². The third-order valence-corrected chi connectivity index (χ3v) is 5.13. The van der Waals surface area contributed by atoms with E-state index in [1.807, 2.05) is 13.8 Å². The summed E-state index contributed by atoms with van der Waals surface area (Å²) in [4.78, 5) is 11.6. The van der Waals surface area contributed by atoms with E-state index in [4.69, 9.17) is 14.2 Å². The fourth-order valence-corrected chi connectivity index (χ4v) is 3.51. The van der Waals surface area contributed by atoms with Crippen molar-refractivity contribution < 1.29 is 24.1 Å². The number of cyclic esters (lactones) is 1. The number of amides is 1. The maximum atomic E-state index is 11.6. The Hall–Kier alpha value is -0.850. The largest absolute Gasteiger partial charge is 0.444 e. The lowest BCUT2D eigenvalue weighted by Gasteiger charge is -2.33. The van der Waals surface area contributed by atoms with Crippen molar-refractivity contribution >= 4 is 6.09 Å². The summed E-state index contributed by atoms with van der Waals surface area (Å²) in [6.07, 6.45) is 6.21. The van der Waals surface area contributed by atoms with Crippen molar-refractivity contribution in [3.05, 3.63) is 0 Å². The van der Waals surface area contributed by atoms with Gasteiger partial charge < -0.3 is 24.6 Å². The molecule has 2 N–H and O–H groups in total. The molecule has 23 heavy (non-hydrogen) atoms. The molecule has 6 nitrogen and oxygen atoms in total. The van der Waals surface area contributed by atoms with Gasteiger partial charge in [0.15, 0.2) is 0 Å². The van der Waals surface area contributed by atoms with Gasteiger partial charge in [-0.2, -0.15) is 0 Å². The molecular formula is C17H31NO5. The lowest BCUT2D eigenvalue weighted by atomic mass is 9.82. The van der Waals surface area contributed by atoms with Crippen LogP contribution >= 0.6 is 0 Å². The Labute approximate surface area is 138 Å². The van der Waals surface area contributed by atoms with E-state index in [1.165, 1.54) is 32.1 Å². The van der Waals surface area contributed by atoms with E-state index in [9.17, 15) is 9.90 Å². The van der Waals surface area contributed by atoms with Gasteiger partial charge in [0.05, 0.1) is 17.7 Å². The number of hydrogen-bond donors (Lipinski definition) is 2. The van der Waals surface area contributed by atoms with Gasteiger partial charge in [-0.15, -0.1) is 0 Å². The zero-order valence-corrected chi connectivity index (χ0v) is 14.5. The second-order valence-electron chi connectivity index (χ2n) is 7.34. The Morgan fingerprint density at radius 3 is 2.70 bits per heavy atom. The third kappa shape index (κ3) is 5.33. The molecular weight excluding hydrogens is 298 g/mol. The van der Waals surface area contributed by atoms with Crippen LogP contribution in [0.3, 0.4) is 0 Å². The van der Waals surface area contributed by atoms with Crippen LogP contribution in [0.5, 0.6) is 0 Å². The van der Waals surface area contributed by atoms with Gasteiger partial charge in [0.1, 0.15) is 12.9 Å². The van der Waals surface area contributed by atoms with Gasteiger partial charge in [-0.05, 0) is 26.2 Å². The zero-order valence-electron chi connectivity index (χ0n) is 14.5. The average Bonchev–Trinajstić information content (AvgIpc) is 2.85. The fraction of sp³-hybridized carbons (Fsp3) is 0.941. The molecule has 0 radical (unpaired) electrons. The zero-order chi connectivity index (χ0) is 16.9. The molecule has 0 aromatic rings. The number of aliphatic hydroxyl groups is 1. The van der Waals surface area contributed by atoms with Crippen LogP contribution in [0.4, 0.5) is 4.79 Å². The molecule has 2 aliphatic rings. The first-order chi connectivity index (χ1) is 10.9. The van der Waals surface area contributed by atoms with Gasteiger partial charge in [0.25, 0.3) is 0 Å². The highest BCUT2D eigenvalue weighted by Crippen LogP contribution is 2.31. The summed E-state index contributed by atoms with van der Waals surface area (Å²) in [5.74, 6) is 0.646. The summed E-state index contributed by atoms with van der Waals surface area (Å²) in [5.41, 5.74) is -0.750. The van der Waals surface area contributed by atoms with Crippen molar-refractivity contribution in [2.45, 2.75) is 82.6 Å². The Morgan fingerprint density at radius 2 is 2.04 bits per heavy atom. The number of carbonyl (C=O) groups excluding carboxylic acids is 1. The molecule has 0 spiro atoms. The average molecular weight is 329 g/mol. The van der Waals surface area contributed by atoms with E-state index in [2.05, 4.69) is 5.32 Å². The first kappa shape index (κ1) is 18.5. The Kier molecular flexibility index (Phi) is 6.68. The number of hydrogen-bond acceptors (Lipinski definition) is 5. The Bertz CT molecular complexity index is 381. The molecule has 1 unspecified atom stereocenters. The standard InChI is InChI=1S/C17H31NO5/c1-17(2,22-11-21-3)15(19)10-14-13(18-16(20)23-14)9-12-7-5-4-6-8-12/h12-15,19H,4-11H2,1-3H3,(H,18,20)/t13-,14-,15?/m0/s1. The first-order valence-corrected chi connectivity index (χ1v) is 8.70. The second-order valence-corrected chi connectivity index (χ2v) is 7.34. The quantitative estimate of drug-likeness (QED) is 0.669. The van der Waals surface area contributed by atoms with Crippen molar-refractivity contribution in [1.29, 1.82) is 0 Å². The summed E-state index contributed by atoms with van der Waals surface area (Å²) < 4.78 is 15.8. The molecule has 0 aromatic heterocycles. The molecule has 134 valence electrons. The highest BCUT2D eigenvalue weighted by molar-refractivity contribution is 5.70. The smallest absolute Gasteiger partial charge is 0.407 e. The summed E-state index contributed by atoms with van der Waals surface area (Å²) in [7, 11) is 1.55. The van der Waals surface area contributed by atoms with Crippen LogP contribution in [-0.2, 0) is 14.2 Å². The van der Waals surface area contributed by atoms with E-state index in [0.717, 1.165) is 6.42 Å². The van der Waals surface area contributed by atoms with Crippen LogP contribution in [-0.4, -0.2) is 49.0 Å². The van der Waals surface area contributed by atoms with E-state index < -0.39 is 11.7 Å². The molecule has 1 heterocycles. The SMILES string of the molecule is COCOC(C)(C)C(O)C[C@@H]1OC(=O)N[C@H]1CC1CCCCC1. The molecule has 2 fully saturated rings. The summed E-state index contributed by atoms with van der Waals surface area (Å²) in [5, 5.41) is 13.4. The van der Waals surface area contributed by atoms with Crippen LogP contribution in [0.15, 0.2) is 0 Å². The van der Waals surface area contributed by atoms with Crippen molar-refractivity contribution in [3.63, 3.8) is 0 Å². The number of rotatable bonds is 8. The topological polar surface area (TPSA) is 77.0 Å². The van der Waals surface area contributed by atoms with Gasteiger partial charge in [-0.25, -0.2) is 4.79 Å². The molecule has 3 atom stereocenters. The maximum absolute atomic E-state index is 11.6. The van der Waals surface area contributed by atoms with Crippen LogP contribution in [0.1, 0.15) is 58.8 Å². The van der Waals surface area contributed by atoms with Crippen molar-refractivity contribution in [1.82, 2.24) is 5.32 Å². The van der Waals surface area contributed by atoms with E-state index in [1.54, 1.807) is 7.11 Å². The second kappa shape index (κ2) is 8.31. The van der Waals surface area contributed by atoms with Gasteiger partial charge in [-0.1, -0.05) is 32.1 Å². The number of methoxy groups -OCH3 is 1. The lowest BCUT2D eigenvalue weighted by molar-refractivity contribution is -0.165. The van der Waals surface area contributed by atoms with Crippen molar-refractivity contribution in [3.8, 4) is 0 Å². The lowest BCUT2D eigenvalue weighted by Crippen LogP contribution is -2.44. The van der Waals surface area contributed by atoms with E-state index >= 15 is 0 Å². The summed E-state index contributed by atoms with van der Waals surface area (Å²) in [6, 6.07) is -0.0153. The minimum atomic E-state index is -0.750. The van der Waals surface area contributed by atoms with Gasteiger partial charge >= 0.3 is 6.09 Å². The maximum Gasteiger partial charge on any atom is 0.407 e. The molecule has 0 bridgehead atoms. The number of aliphatic hydroxyl groups excluding tert-OH is 1. The van der Waals surface area contributed by atoms with E-state index in [-0.39, 0.29) is 25.0 Å². The first-order valence-electron chi connectivity index (χ1n) is 8.70. The van der Waals surface area contributed by atoms with Crippen molar-refractivity contribution in [2.24, 2.45) is 5.92 Å². The summed E-state index contributed by atoms with van der Waals surface area (Å²) in [6.45, 7) is 3.76. The molecule has 2 rings (SSSR count). The van der Waals surface area contributed by atoms with Crippen LogP contribution in [0, 0.1) is 5.92 Å². The van der Waals surface area contributed by atoms with Gasteiger partial charge in [0.2, 0.25) is 0 Å². The van der Waals surface area contributed by atoms with Crippen LogP contribution in [0.25, 0.3) is 0 Å². The molecule has 0 aromatic carbocycles. The highest BCUT2D eigenvalue weighted by Gasteiger charge is 2.40. The number of ether oxygens (including phenoxy) is 3. The molecule has 1 aliphatic carbocycles. The normalized spacial score (nSPS) is 27.6. The number of nitrogens with one attached hydrogen (secondary N) is 1. The molecule has 6 heteroatoms. The number of carbonyl (C=O) groups is 1. The number of alkyl carbamates (subject to hydrolysis) is 1. The predicted octanol–water partition coefficient (Wildman–Crippen LogP) is 2.58. The third-order valence-electron chi connectivity index (χ3n) is 5.13. The van der Waals surface area contributed by atoms with E-state index in [0.29, 0.717) is 12.3 Å². The minimum absolute atomic E-state index is 0.0153. The Morgan fingerprint density at radius 1 is 1.35 bits per heavy atom. The minimum Gasteiger partial charge on any atom is -0.444 e. The Balaban J connectivity index is 1.89. The highest BCUT2D eigenvalue weighted by atomic mass is 16.7. The van der Waals surface area contributed by atoms with Crippen molar-refractivity contribution in [2.75, 3.05) is 13.9 Å². The van der Waals surface area contributed by atoms with Crippen LogP contribution in [0.2, 0.25) is 0 Å². The molecule has 1 saturated heterocycles. The molecule has 1 saturated carbocycles. The van der Waals surface area contributed by atoms with Gasteiger partial charge in [0, 0.05) is 13.5 Å². The van der Waals surface area contributed by atoms with Gasteiger partial charge in [-0.3, -0.25) is 0 Å². The fourth-order valence-electron chi connectivity index (χ4n) is 3.51.